The second kappa shape index (κ2) is 8.10. The Morgan fingerprint density at radius 3 is 2.70 bits per heavy atom. The number of hydrogen-bond acceptors (Lipinski definition) is 3. The van der Waals surface area contributed by atoms with Gasteiger partial charge in [-0.3, -0.25) is 4.79 Å². The van der Waals surface area contributed by atoms with Gasteiger partial charge in [0.25, 0.3) is 5.91 Å². The van der Waals surface area contributed by atoms with Gasteiger partial charge in [0.2, 0.25) is 0 Å². The maximum absolute atomic E-state index is 13.0. The van der Waals surface area contributed by atoms with E-state index in [1.807, 2.05) is 0 Å². The highest BCUT2D eigenvalue weighted by Crippen LogP contribution is 2.14. The lowest BCUT2D eigenvalue weighted by molar-refractivity contribution is -0.142. The van der Waals surface area contributed by atoms with Crippen molar-refractivity contribution >= 4 is 35.2 Å². The fraction of sp³-hybridized carbons (Fsp3) is 0.0588. The smallest absolute Gasteiger partial charge is 0.331 e. The Morgan fingerprint density at radius 1 is 1.17 bits per heavy atom. The van der Waals surface area contributed by atoms with Crippen LogP contribution in [-0.2, 0) is 14.3 Å². The lowest BCUT2D eigenvalue weighted by Crippen LogP contribution is -2.20. The number of halogens is 2. The number of anilines is 1. The van der Waals surface area contributed by atoms with Crippen molar-refractivity contribution in [1.82, 2.24) is 0 Å². The Bertz CT molecular complexity index is 746. The third-order valence-electron chi connectivity index (χ3n) is 2.71. The van der Waals surface area contributed by atoms with Crippen molar-refractivity contribution in [3.8, 4) is 0 Å². The molecule has 0 saturated heterocycles. The first-order valence-corrected chi connectivity index (χ1v) is 7.06. The van der Waals surface area contributed by atoms with Crippen LogP contribution in [0.4, 0.5) is 10.1 Å². The van der Waals surface area contributed by atoms with E-state index < -0.39 is 24.3 Å². The van der Waals surface area contributed by atoms with Gasteiger partial charge in [0.15, 0.2) is 6.61 Å². The van der Waals surface area contributed by atoms with Gasteiger partial charge in [-0.1, -0.05) is 29.8 Å². The molecule has 0 aliphatic heterocycles. The van der Waals surface area contributed by atoms with Crippen molar-refractivity contribution in [2.45, 2.75) is 0 Å². The number of nitrogens with one attached hydrogen (secondary N) is 1. The van der Waals surface area contributed by atoms with Crippen molar-refractivity contribution in [3.05, 3.63) is 71.0 Å². The molecule has 0 heterocycles. The van der Waals surface area contributed by atoms with Gasteiger partial charge >= 0.3 is 5.97 Å². The first-order chi connectivity index (χ1) is 11.0. The Balaban J connectivity index is 1.81. The molecule has 0 bridgehead atoms. The molecule has 118 valence electrons. The summed E-state index contributed by atoms with van der Waals surface area (Å²) < 4.78 is 17.8. The summed E-state index contributed by atoms with van der Waals surface area (Å²) in [6.45, 7) is -0.432. The van der Waals surface area contributed by atoms with Crippen LogP contribution in [0.1, 0.15) is 5.56 Å². The van der Waals surface area contributed by atoms with Crippen LogP contribution in [0.2, 0.25) is 5.02 Å². The number of amides is 1. The molecule has 0 aliphatic rings. The van der Waals surface area contributed by atoms with Gasteiger partial charge in [-0.2, -0.15) is 0 Å². The molecule has 2 aromatic rings. The number of hydrogen-bond donors (Lipinski definition) is 1. The molecule has 2 aromatic carbocycles. The van der Waals surface area contributed by atoms with Crippen molar-refractivity contribution in [2.24, 2.45) is 0 Å². The van der Waals surface area contributed by atoms with Crippen LogP contribution in [-0.4, -0.2) is 18.5 Å². The highest BCUT2D eigenvalue weighted by Gasteiger charge is 2.06. The molecule has 0 spiro atoms. The first kappa shape index (κ1) is 16.7. The number of esters is 1. The topological polar surface area (TPSA) is 55.4 Å². The van der Waals surface area contributed by atoms with Gasteiger partial charge in [-0.25, -0.2) is 9.18 Å². The first-order valence-electron chi connectivity index (χ1n) is 6.69. The van der Waals surface area contributed by atoms with Crippen LogP contribution in [0.3, 0.4) is 0 Å². The molecule has 0 radical (unpaired) electrons. The molecule has 0 aliphatic carbocycles. The van der Waals surface area contributed by atoms with Crippen LogP contribution in [0.5, 0.6) is 0 Å². The van der Waals surface area contributed by atoms with Gasteiger partial charge in [-0.05, 0) is 42.0 Å². The maximum Gasteiger partial charge on any atom is 0.331 e. The zero-order chi connectivity index (χ0) is 16.7. The molecule has 1 N–H and O–H groups in total. The van der Waals surface area contributed by atoms with Crippen LogP contribution in [0, 0.1) is 5.82 Å². The monoisotopic (exact) mass is 333 g/mol. The van der Waals surface area contributed by atoms with Crippen LogP contribution >= 0.6 is 11.6 Å². The molecule has 0 fully saturated rings. The van der Waals surface area contributed by atoms with Gasteiger partial charge in [0, 0.05) is 16.8 Å². The molecule has 0 saturated carbocycles. The summed E-state index contributed by atoms with van der Waals surface area (Å²) in [7, 11) is 0. The molecule has 2 rings (SSSR count). The average Bonchev–Trinajstić information content (AvgIpc) is 2.51. The fourth-order valence-electron chi connectivity index (χ4n) is 1.72. The molecule has 6 heteroatoms. The summed E-state index contributed by atoms with van der Waals surface area (Å²) in [5.41, 5.74) is 1.03. The fourth-order valence-corrected chi connectivity index (χ4v) is 1.91. The van der Waals surface area contributed by atoms with Crippen LogP contribution < -0.4 is 5.32 Å². The highest BCUT2D eigenvalue weighted by atomic mass is 35.5. The molecule has 0 unspecified atom stereocenters. The minimum Gasteiger partial charge on any atom is -0.452 e. The minimum absolute atomic E-state index is 0.401. The molecule has 0 aromatic heterocycles. The molecule has 23 heavy (non-hydrogen) atoms. The van der Waals surface area contributed by atoms with Crippen LogP contribution in [0.15, 0.2) is 54.6 Å². The average molecular weight is 334 g/mol. The number of benzene rings is 2. The van der Waals surface area contributed by atoms with E-state index in [0.29, 0.717) is 16.3 Å². The molecule has 4 nitrogen and oxygen atoms in total. The number of carbonyl (C=O) groups excluding carboxylic acids is 2. The second-order valence-corrected chi connectivity index (χ2v) is 4.99. The Hall–Kier alpha value is -2.66. The summed E-state index contributed by atoms with van der Waals surface area (Å²) in [6, 6.07) is 12.3. The normalized spacial score (nSPS) is 10.5. The lowest BCUT2D eigenvalue weighted by Gasteiger charge is -2.05. The summed E-state index contributed by atoms with van der Waals surface area (Å²) in [5, 5.41) is 3.03. The van der Waals surface area contributed by atoms with Crippen molar-refractivity contribution in [2.75, 3.05) is 11.9 Å². The second-order valence-electron chi connectivity index (χ2n) is 4.55. The predicted octanol–water partition coefficient (Wildman–Crippen LogP) is 3.67. The molecular weight excluding hydrogens is 321 g/mol. The van der Waals surface area contributed by atoms with Crippen LogP contribution in [0.25, 0.3) is 6.08 Å². The van der Waals surface area contributed by atoms with Gasteiger partial charge in [0.05, 0.1) is 0 Å². The van der Waals surface area contributed by atoms with Crippen molar-refractivity contribution in [1.29, 1.82) is 0 Å². The zero-order valence-corrected chi connectivity index (χ0v) is 12.7. The van der Waals surface area contributed by atoms with E-state index in [-0.39, 0.29) is 0 Å². The molecule has 0 atom stereocenters. The quantitative estimate of drug-likeness (QED) is 0.671. The highest BCUT2D eigenvalue weighted by molar-refractivity contribution is 6.30. The number of ether oxygens (including phenoxy) is 1. The maximum atomic E-state index is 13.0. The number of carbonyl (C=O) groups is 2. The van der Waals surface area contributed by atoms with Gasteiger partial charge in [-0.15, -0.1) is 0 Å². The van der Waals surface area contributed by atoms with E-state index in [4.69, 9.17) is 16.3 Å². The van der Waals surface area contributed by atoms with Crippen molar-refractivity contribution in [3.63, 3.8) is 0 Å². The van der Waals surface area contributed by atoms with E-state index in [2.05, 4.69) is 5.32 Å². The zero-order valence-electron chi connectivity index (χ0n) is 12.0. The Kier molecular flexibility index (Phi) is 5.88. The van der Waals surface area contributed by atoms with E-state index >= 15 is 0 Å². The minimum atomic E-state index is -0.699. The lowest BCUT2D eigenvalue weighted by atomic mass is 10.2. The molecular formula is C17H13ClFNO3. The van der Waals surface area contributed by atoms with E-state index in [1.165, 1.54) is 24.3 Å². The molecule has 1 amide bonds. The summed E-state index contributed by atoms with van der Waals surface area (Å²) >= 11 is 5.79. The van der Waals surface area contributed by atoms with Gasteiger partial charge in [0.1, 0.15) is 5.82 Å². The van der Waals surface area contributed by atoms with E-state index in [0.717, 1.165) is 6.08 Å². The predicted molar refractivity (Wildman–Crippen MR) is 86.5 cm³/mol. The largest absolute Gasteiger partial charge is 0.452 e. The third-order valence-corrected chi connectivity index (χ3v) is 2.95. The summed E-state index contributed by atoms with van der Waals surface area (Å²) in [6.07, 6.45) is 2.53. The summed E-state index contributed by atoms with van der Waals surface area (Å²) in [5.74, 6) is -1.59. The van der Waals surface area contributed by atoms with E-state index in [9.17, 15) is 14.0 Å². The SMILES string of the molecule is O=C(COC(=O)/C=C/c1cccc(F)c1)Nc1cccc(Cl)c1. The standard InChI is InChI=1S/C17H13ClFNO3/c18-13-4-2-6-15(10-13)20-16(21)11-23-17(22)8-7-12-3-1-5-14(19)9-12/h1-10H,11H2,(H,20,21)/b8-7+. The number of rotatable bonds is 5. The van der Waals surface area contributed by atoms with Crippen molar-refractivity contribution < 1.29 is 18.7 Å². The van der Waals surface area contributed by atoms with E-state index in [1.54, 1.807) is 30.3 Å². The van der Waals surface area contributed by atoms with Gasteiger partial charge < -0.3 is 10.1 Å². The third kappa shape index (κ3) is 5.92. The Labute approximate surface area is 137 Å². The summed E-state index contributed by atoms with van der Waals surface area (Å²) in [4.78, 5) is 23.2. The Morgan fingerprint density at radius 2 is 1.96 bits per heavy atom.